The van der Waals surface area contributed by atoms with Crippen molar-refractivity contribution in [1.82, 2.24) is 14.9 Å². The van der Waals surface area contributed by atoms with E-state index < -0.39 is 17.3 Å². The van der Waals surface area contributed by atoms with Gasteiger partial charge in [0.25, 0.3) is 5.56 Å². The lowest BCUT2D eigenvalue weighted by Crippen LogP contribution is -2.31. The summed E-state index contributed by atoms with van der Waals surface area (Å²) in [5.74, 6) is -1.22. The number of aromatic nitrogens is 2. The van der Waals surface area contributed by atoms with Crippen LogP contribution in [-0.4, -0.2) is 26.3 Å². The first kappa shape index (κ1) is 22.3. The van der Waals surface area contributed by atoms with Crippen molar-refractivity contribution in [3.63, 3.8) is 0 Å². The second-order valence-corrected chi connectivity index (χ2v) is 8.10. The molecule has 2 N–H and O–H groups in total. The molecular formula is C25H20FN3O3S. The maximum atomic E-state index is 13.3. The van der Waals surface area contributed by atoms with Gasteiger partial charge in [0.2, 0.25) is 11.8 Å². The first-order chi connectivity index (χ1) is 16.0. The van der Waals surface area contributed by atoms with Gasteiger partial charge in [-0.3, -0.25) is 14.2 Å². The highest BCUT2D eigenvalue weighted by Crippen LogP contribution is 2.24. The molecule has 4 aromatic rings. The Labute approximate surface area is 193 Å². The average molecular weight is 462 g/mol. The summed E-state index contributed by atoms with van der Waals surface area (Å²) >= 11 is 1.00. The molecule has 0 fully saturated rings. The maximum absolute atomic E-state index is 13.3. The Bertz CT molecular complexity index is 1260. The van der Waals surface area contributed by atoms with Gasteiger partial charge >= 0.3 is 0 Å². The molecule has 1 aromatic heterocycles. The van der Waals surface area contributed by atoms with Crippen molar-refractivity contribution < 1.29 is 14.3 Å². The average Bonchev–Trinajstić information content (AvgIpc) is 2.83. The Kier molecular flexibility index (Phi) is 6.85. The largest absolute Gasteiger partial charge is 0.493 e. The molecule has 0 saturated carbocycles. The van der Waals surface area contributed by atoms with Crippen molar-refractivity contribution in [2.45, 2.75) is 11.2 Å². The number of amides is 1. The maximum Gasteiger partial charge on any atom is 0.262 e. The fourth-order valence-corrected chi connectivity index (χ4v) is 4.18. The van der Waals surface area contributed by atoms with Crippen LogP contribution in [0.25, 0.3) is 5.69 Å². The monoisotopic (exact) mass is 461 g/mol. The number of rotatable bonds is 7. The molecule has 0 aliphatic rings. The molecule has 0 aliphatic heterocycles. The van der Waals surface area contributed by atoms with E-state index in [1.807, 2.05) is 60.7 Å². The minimum Gasteiger partial charge on any atom is -0.493 e. The third-order valence-electron chi connectivity index (χ3n) is 4.86. The predicted octanol–water partition coefficient (Wildman–Crippen LogP) is 4.08. The summed E-state index contributed by atoms with van der Waals surface area (Å²) in [7, 11) is 0. The molecule has 1 heterocycles. The lowest BCUT2D eigenvalue weighted by molar-refractivity contribution is -0.119. The Hall–Kier alpha value is -3.91. The van der Waals surface area contributed by atoms with E-state index in [1.54, 1.807) is 0 Å². The number of aromatic hydroxyl groups is 1. The zero-order chi connectivity index (χ0) is 23.2. The number of hydrogen-bond acceptors (Lipinski definition) is 5. The molecule has 3 aromatic carbocycles. The summed E-state index contributed by atoms with van der Waals surface area (Å²) in [6, 6.07) is 25.1. The number of nitrogens with one attached hydrogen (secondary N) is 1. The Morgan fingerprint density at radius 2 is 1.55 bits per heavy atom. The van der Waals surface area contributed by atoms with Crippen LogP contribution < -0.4 is 10.9 Å². The van der Waals surface area contributed by atoms with Crippen LogP contribution in [0.4, 0.5) is 4.39 Å². The van der Waals surface area contributed by atoms with Gasteiger partial charge in [-0.15, -0.1) is 0 Å². The molecule has 0 atom stereocenters. The van der Waals surface area contributed by atoms with Crippen LogP contribution in [-0.2, 0) is 4.79 Å². The van der Waals surface area contributed by atoms with E-state index in [4.69, 9.17) is 0 Å². The second-order valence-electron chi connectivity index (χ2n) is 7.16. The summed E-state index contributed by atoms with van der Waals surface area (Å²) in [5.41, 5.74) is 1.70. The van der Waals surface area contributed by atoms with E-state index in [2.05, 4.69) is 10.3 Å². The molecule has 33 heavy (non-hydrogen) atoms. The zero-order valence-corrected chi connectivity index (χ0v) is 18.2. The van der Waals surface area contributed by atoms with Gasteiger partial charge in [-0.1, -0.05) is 72.4 Å². The van der Waals surface area contributed by atoms with E-state index in [0.717, 1.165) is 29.0 Å². The zero-order valence-electron chi connectivity index (χ0n) is 17.4. The van der Waals surface area contributed by atoms with Gasteiger partial charge in [0.1, 0.15) is 5.82 Å². The van der Waals surface area contributed by atoms with Crippen LogP contribution in [0.5, 0.6) is 5.88 Å². The Balaban J connectivity index is 1.56. The van der Waals surface area contributed by atoms with Gasteiger partial charge in [0, 0.05) is 0 Å². The Morgan fingerprint density at radius 3 is 2.12 bits per heavy atom. The van der Waals surface area contributed by atoms with E-state index in [-0.39, 0.29) is 22.9 Å². The fourth-order valence-electron chi connectivity index (χ4n) is 3.36. The van der Waals surface area contributed by atoms with Crippen LogP contribution in [0.1, 0.15) is 17.2 Å². The van der Waals surface area contributed by atoms with E-state index in [9.17, 15) is 19.1 Å². The number of hydrogen-bond donors (Lipinski definition) is 2. The molecule has 4 rings (SSSR count). The van der Waals surface area contributed by atoms with E-state index in [1.165, 1.54) is 28.8 Å². The quantitative estimate of drug-likeness (QED) is 0.320. The minimum atomic E-state index is -0.538. The van der Waals surface area contributed by atoms with Crippen molar-refractivity contribution in [3.05, 3.63) is 118 Å². The second kappa shape index (κ2) is 10.1. The topological polar surface area (TPSA) is 84.2 Å². The number of carbonyl (C=O) groups is 1. The molecule has 0 unspecified atom stereocenters. The molecule has 8 heteroatoms. The number of halogens is 1. The normalized spacial score (nSPS) is 10.8. The number of benzene rings is 3. The first-order valence-electron chi connectivity index (χ1n) is 10.1. The van der Waals surface area contributed by atoms with Gasteiger partial charge in [0.15, 0.2) is 5.16 Å². The van der Waals surface area contributed by atoms with Gasteiger partial charge in [0.05, 0.1) is 23.5 Å². The fraction of sp³-hybridized carbons (Fsp3) is 0.0800. The lowest BCUT2D eigenvalue weighted by Gasteiger charge is -2.20. The Morgan fingerprint density at radius 1 is 0.970 bits per heavy atom. The summed E-state index contributed by atoms with van der Waals surface area (Å²) in [6.07, 6.45) is 0. The van der Waals surface area contributed by atoms with Crippen molar-refractivity contribution in [3.8, 4) is 11.6 Å². The molecule has 166 valence electrons. The molecule has 0 saturated heterocycles. The summed E-state index contributed by atoms with van der Waals surface area (Å²) in [6.45, 7) is 0. The van der Waals surface area contributed by atoms with Gasteiger partial charge < -0.3 is 10.4 Å². The summed E-state index contributed by atoms with van der Waals surface area (Å²) in [4.78, 5) is 29.4. The van der Waals surface area contributed by atoms with Gasteiger partial charge in [-0.05, 0) is 35.4 Å². The summed E-state index contributed by atoms with van der Waals surface area (Å²) in [5, 5.41) is 13.0. The number of nitrogens with zero attached hydrogens (tertiary/aromatic N) is 2. The summed E-state index contributed by atoms with van der Waals surface area (Å²) < 4.78 is 14.5. The molecule has 0 aliphatic carbocycles. The number of carbonyl (C=O) groups excluding carboxylic acids is 1. The molecule has 0 radical (unpaired) electrons. The third kappa shape index (κ3) is 5.48. The van der Waals surface area contributed by atoms with Crippen molar-refractivity contribution in [1.29, 1.82) is 0 Å². The van der Waals surface area contributed by atoms with Crippen LogP contribution in [0.15, 0.2) is 101 Å². The van der Waals surface area contributed by atoms with E-state index in [0.29, 0.717) is 5.69 Å². The third-order valence-corrected chi connectivity index (χ3v) is 5.80. The van der Waals surface area contributed by atoms with Crippen molar-refractivity contribution in [2.24, 2.45) is 0 Å². The van der Waals surface area contributed by atoms with Crippen LogP contribution >= 0.6 is 11.8 Å². The molecular weight excluding hydrogens is 441 g/mol. The van der Waals surface area contributed by atoms with Crippen LogP contribution in [0, 0.1) is 5.82 Å². The molecule has 6 nitrogen and oxygen atoms in total. The first-order valence-corrected chi connectivity index (χ1v) is 11.1. The van der Waals surface area contributed by atoms with Gasteiger partial charge in [-0.25, -0.2) is 4.39 Å². The lowest BCUT2D eigenvalue weighted by atomic mass is 9.99. The van der Waals surface area contributed by atoms with Gasteiger partial charge in [-0.2, -0.15) is 4.98 Å². The van der Waals surface area contributed by atoms with Crippen molar-refractivity contribution in [2.75, 3.05) is 5.75 Å². The highest BCUT2D eigenvalue weighted by Gasteiger charge is 2.18. The highest BCUT2D eigenvalue weighted by atomic mass is 32.2. The van der Waals surface area contributed by atoms with Crippen molar-refractivity contribution >= 4 is 17.7 Å². The predicted molar refractivity (Wildman–Crippen MR) is 125 cm³/mol. The SMILES string of the molecule is O=C(CSc1nc(O)cc(=O)n1-c1ccc(F)cc1)NC(c1ccccc1)c1ccccc1. The standard InChI is InChI=1S/C25H20FN3O3S/c26-19-11-13-20(14-12-19)29-23(32)15-21(30)28-25(29)33-16-22(31)27-24(17-7-3-1-4-8-17)18-9-5-2-6-10-18/h1-15,24,30H,16H2,(H,27,31). The smallest absolute Gasteiger partial charge is 0.262 e. The minimum absolute atomic E-state index is 0.0484. The van der Waals surface area contributed by atoms with E-state index >= 15 is 0 Å². The molecule has 1 amide bonds. The highest BCUT2D eigenvalue weighted by molar-refractivity contribution is 7.99. The van der Waals surface area contributed by atoms with Crippen LogP contribution in [0.3, 0.4) is 0 Å². The molecule has 0 bridgehead atoms. The van der Waals surface area contributed by atoms with Crippen LogP contribution in [0.2, 0.25) is 0 Å². The molecule has 0 spiro atoms. The number of thioether (sulfide) groups is 1.